The first-order valence-electron chi connectivity index (χ1n) is 9.08. The second-order valence-corrected chi connectivity index (χ2v) is 8.23. The molecule has 130 valence electrons. The second kappa shape index (κ2) is 6.72. The molecule has 1 aliphatic heterocycles. The molecular formula is C21H29NO2. The van der Waals surface area contributed by atoms with Crippen LogP contribution in [0.1, 0.15) is 56.0 Å². The third-order valence-corrected chi connectivity index (χ3v) is 5.42. The number of aryl methyl sites for hydroxylation is 1. The molecule has 0 bridgehead atoms. The van der Waals surface area contributed by atoms with Gasteiger partial charge in [0.2, 0.25) is 0 Å². The van der Waals surface area contributed by atoms with Gasteiger partial charge in [0.05, 0.1) is 5.60 Å². The van der Waals surface area contributed by atoms with Gasteiger partial charge >= 0.3 is 0 Å². The highest BCUT2D eigenvalue weighted by Crippen LogP contribution is 2.36. The Hall–Kier alpha value is -1.61. The van der Waals surface area contributed by atoms with Gasteiger partial charge in [0.15, 0.2) is 0 Å². The van der Waals surface area contributed by atoms with Crippen LogP contribution in [0.25, 0.3) is 0 Å². The Balaban J connectivity index is 1.66. The highest BCUT2D eigenvalue weighted by atomic mass is 16.3. The van der Waals surface area contributed by atoms with E-state index in [0.29, 0.717) is 18.3 Å². The second-order valence-electron chi connectivity index (χ2n) is 8.23. The van der Waals surface area contributed by atoms with E-state index in [9.17, 15) is 9.90 Å². The Labute approximate surface area is 145 Å². The summed E-state index contributed by atoms with van der Waals surface area (Å²) in [5, 5.41) is 9.89. The largest absolute Gasteiger partial charge is 0.390 e. The first-order chi connectivity index (χ1) is 11.3. The van der Waals surface area contributed by atoms with Crippen molar-refractivity contribution in [1.29, 1.82) is 0 Å². The molecule has 1 N–H and O–H groups in total. The van der Waals surface area contributed by atoms with Crippen LogP contribution in [0, 0.1) is 11.8 Å². The van der Waals surface area contributed by atoms with Crippen molar-refractivity contribution in [2.45, 2.75) is 52.1 Å². The van der Waals surface area contributed by atoms with Gasteiger partial charge in [0, 0.05) is 18.7 Å². The number of aliphatic hydroxyl groups is 1. The average molecular weight is 327 g/mol. The molecule has 3 heteroatoms. The van der Waals surface area contributed by atoms with Crippen LogP contribution >= 0.6 is 0 Å². The number of carbonyl (C=O) groups excluding carboxylic acids is 1. The Morgan fingerprint density at radius 2 is 2.04 bits per heavy atom. The van der Waals surface area contributed by atoms with Gasteiger partial charge in [-0.15, -0.1) is 0 Å². The number of allylic oxidation sites excluding steroid dienone is 2. The molecule has 1 amide bonds. The fraction of sp³-hybridized carbons (Fsp3) is 0.571. The van der Waals surface area contributed by atoms with Crippen LogP contribution < -0.4 is 0 Å². The van der Waals surface area contributed by atoms with E-state index in [2.05, 4.69) is 13.0 Å². The van der Waals surface area contributed by atoms with E-state index in [-0.39, 0.29) is 5.91 Å². The zero-order valence-electron chi connectivity index (χ0n) is 15.1. The molecule has 1 fully saturated rings. The van der Waals surface area contributed by atoms with Gasteiger partial charge in [-0.3, -0.25) is 4.79 Å². The molecule has 2 aliphatic rings. The molecule has 0 spiro atoms. The molecule has 0 saturated carbocycles. The number of fused-ring (bicyclic) bond motifs is 1. The van der Waals surface area contributed by atoms with Crippen molar-refractivity contribution in [3.05, 3.63) is 47.0 Å². The lowest BCUT2D eigenvalue weighted by Gasteiger charge is -2.21. The SMILES string of the molecule is CC1=CCC2CN(C(=O)c3cccc(CCC(C)(C)O)c3)CC2C1. The summed E-state index contributed by atoms with van der Waals surface area (Å²) in [6, 6.07) is 7.92. The molecule has 1 saturated heterocycles. The lowest BCUT2D eigenvalue weighted by Crippen LogP contribution is -2.29. The summed E-state index contributed by atoms with van der Waals surface area (Å²) in [5.74, 6) is 1.43. The van der Waals surface area contributed by atoms with Gasteiger partial charge in [0.1, 0.15) is 0 Å². The van der Waals surface area contributed by atoms with Gasteiger partial charge in [-0.2, -0.15) is 0 Å². The first-order valence-corrected chi connectivity index (χ1v) is 9.08. The number of hydrogen-bond donors (Lipinski definition) is 1. The summed E-state index contributed by atoms with van der Waals surface area (Å²) in [7, 11) is 0. The average Bonchev–Trinajstić information content (AvgIpc) is 2.95. The van der Waals surface area contributed by atoms with Crippen molar-refractivity contribution in [2.75, 3.05) is 13.1 Å². The Bertz CT molecular complexity index is 641. The number of nitrogens with zero attached hydrogens (tertiary/aromatic N) is 1. The Kier molecular flexibility index (Phi) is 4.82. The molecule has 1 aliphatic carbocycles. The fourth-order valence-electron chi connectivity index (χ4n) is 3.94. The van der Waals surface area contributed by atoms with Crippen LogP contribution in [0.15, 0.2) is 35.9 Å². The molecule has 2 unspecified atom stereocenters. The Morgan fingerprint density at radius 1 is 1.29 bits per heavy atom. The third kappa shape index (κ3) is 4.07. The highest BCUT2D eigenvalue weighted by Gasteiger charge is 2.36. The normalized spacial score (nSPS) is 23.8. The molecule has 1 heterocycles. The quantitative estimate of drug-likeness (QED) is 0.854. The van der Waals surface area contributed by atoms with Crippen molar-refractivity contribution in [2.24, 2.45) is 11.8 Å². The first kappa shape index (κ1) is 17.2. The van der Waals surface area contributed by atoms with Crippen molar-refractivity contribution >= 4 is 5.91 Å². The van der Waals surface area contributed by atoms with E-state index < -0.39 is 5.60 Å². The Morgan fingerprint density at radius 3 is 2.79 bits per heavy atom. The number of rotatable bonds is 4. The molecule has 0 aromatic heterocycles. The number of likely N-dealkylation sites (tertiary alicyclic amines) is 1. The molecule has 1 aromatic rings. The third-order valence-electron chi connectivity index (χ3n) is 5.42. The fourth-order valence-corrected chi connectivity index (χ4v) is 3.94. The van der Waals surface area contributed by atoms with Crippen LogP contribution in [0.5, 0.6) is 0 Å². The summed E-state index contributed by atoms with van der Waals surface area (Å²) in [6.45, 7) is 7.63. The maximum Gasteiger partial charge on any atom is 0.253 e. The summed E-state index contributed by atoms with van der Waals surface area (Å²) in [4.78, 5) is 14.9. The lowest BCUT2D eigenvalue weighted by atomic mass is 9.83. The van der Waals surface area contributed by atoms with Gasteiger partial charge < -0.3 is 10.0 Å². The predicted octanol–water partition coefficient (Wildman–Crippen LogP) is 3.82. The van der Waals surface area contributed by atoms with Crippen LogP contribution in [-0.2, 0) is 6.42 Å². The predicted molar refractivity (Wildman–Crippen MR) is 96.9 cm³/mol. The standard InChI is InChI=1S/C21H29NO2/c1-15-7-8-18-13-22(14-19(18)11-15)20(23)17-6-4-5-16(12-17)9-10-21(2,3)24/h4-7,12,18-19,24H,8-11,13-14H2,1-3H3. The molecule has 24 heavy (non-hydrogen) atoms. The maximum atomic E-state index is 12.9. The zero-order chi connectivity index (χ0) is 17.3. The molecule has 0 radical (unpaired) electrons. The van der Waals surface area contributed by atoms with Crippen LogP contribution in [-0.4, -0.2) is 34.6 Å². The number of benzene rings is 1. The zero-order valence-corrected chi connectivity index (χ0v) is 15.1. The van der Waals surface area contributed by atoms with Gasteiger partial charge in [0.25, 0.3) is 5.91 Å². The topological polar surface area (TPSA) is 40.5 Å². The highest BCUT2D eigenvalue weighted by molar-refractivity contribution is 5.94. The van der Waals surface area contributed by atoms with Crippen molar-refractivity contribution < 1.29 is 9.90 Å². The number of carbonyl (C=O) groups is 1. The molecule has 2 atom stereocenters. The number of hydrogen-bond acceptors (Lipinski definition) is 2. The monoisotopic (exact) mass is 327 g/mol. The van der Waals surface area contributed by atoms with Crippen LogP contribution in [0.3, 0.4) is 0 Å². The summed E-state index contributed by atoms with van der Waals surface area (Å²) in [5.41, 5.74) is 2.71. The van der Waals surface area contributed by atoms with Gasteiger partial charge in [-0.25, -0.2) is 0 Å². The molecular weight excluding hydrogens is 298 g/mol. The minimum absolute atomic E-state index is 0.159. The summed E-state index contributed by atoms with van der Waals surface area (Å²) < 4.78 is 0. The van der Waals surface area contributed by atoms with Crippen LogP contribution in [0.4, 0.5) is 0 Å². The maximum absolute atomic E-state index is 12.9. The van der Waals surface area contributed by atoms with E-state index in [4.69, 9.17) is 0 Å². The van der Waals surface area contributed by atoms with Gasteiger partial charge in [-0.1, -0.05) is 23.8 Å². The van der Waals surface area contributed by atoms with E-state index in [0.717, 1.165) is 43.5 Å². The van der Waals surface area contributed by atoms with Crippen molar-refractivity contribution in [3.63, 3.8) is 0 Å². The van der Waals surface area contributed by atoms with Crippen molar-refractivity contribution in [1.82, 2.24) is 4.90 Å². The van der Waals surface area contributed by atoms with Gasteiger partial charge in [-0.05, 0) is 76.0 Å². The van der Waals surface area contributed by atoms with Crippen molar-refractivity contribution in [3.8, 4) is 0 Å². The minimum Gasteiger partial charge on any atom is -0.390 e. The molecule has 3 rings (SSSR count). The van der Waals surface area contributed by atoms with E-state index in [1.54, 1.807) is 0 Å². The molecule has 1 aromatic carbocycles. The van der Waals surface area contributed by atoms with E-state index in [1.165, 1.54) is 5.57 Å². The molecule has 3 nitrogen and oxygen atoms in total. The smallest absolute Gasteiger partial charge is 0.253 e. The summed E-state index contributed by atoms with van der Waals surface area (Å²) in [6.07, 6.45) is 6.08. The minimum atomic E-state index is -0.671. The number of amides is 1. The lowest BCUT2D eigenvalue weighted by molar-refractivity contribution is 0.0714. The van der Waals surface area contributed by atoms with Crippen LogP contribution in [0.2, 0.25) is 0 Å². The van der Waals surface area contributed by atoms with E-state index >= 15 is 0 Å². The summed E-state index contributed by atoms with van der Waals surface area (Å²) >= 11 is 0. The van der Waals surface area contributed by atoms with E-state index in [1.807, 2.05) is 43.0 Å².